The Morgan fingerprint density at radius 2 is 2.06 bits per heavy atom. The van der Waals surface area contributed by atoms with Crippen molar-refractivity contribution in [3.05, 3.63) is 39.9 Å². The van der Waals surface area contributed by atoms with Gasteiger partial charge in [-0.25, -0.2) is 0 Å². The molecule has 0 aliphatic rings. The molecule has 0 amide bonds. The highest BCUT2D eigenvalue weighted by Gasteiger charge is 2.08. The minimum absolute atomic E-state index is 0.768. The maximum atomic E-state index is 6.14. The van der Waals surface area contributed by atoms with Crippen molar-refractivity contribution in [3.8, 4) is 0 Å². The van der Waals surface area contributed by atoms with E-state index in [1.54, 1.807) is 11.3 Å². The molecule has 6 heteroatoms. The monoisotopic (exact) mass is 282 g/mol. The fourth-order valence-corrected chi connectivity index (χ4v) is 2.59. The molecule has 0 fully saturated rings. The number of anilines is 1. The molecular formula is C12H15ClN4S. The van der Waals surface area contributed by atoms with E-state index in [1.807, 2.05) is 38.4 Å². The number of hydrogen-bond donors (Lipinski definition) is 1. The number of halogens is 1. The van der Waals surface area contributed by atoms with Crippen LogP contribution in [0.15, 0.2) is 24.3 Å². The summed E-state index contributed by atoms with van der Waals surface area (Å²) in [6.07, 6.45) is 0. The number of hydrogen-bond acceptors (Lipinski definition) is 5. The van der Waals surface area contributed by atoms with Gasteiger partial charge < -0.3 is 5.32 Å². The molecule has 0 spiro atoms. The molecule has 0 aliphatic heterocycles. The molecule has 0 saturated heterocycles. The smallest absolute Gasteiger partial charge is 0.205 e. The summed E-state index contributed by atoms with van der Waals surface area (Å²) in [6, 6.07) is 7.89. The highest BCUT2D eigenvalue weighted by molar-refractivity contribution is 7.15. The maximum absolute atomic E-state index is 6.14. The summed E-state index contributed by atoms with van der Waals surface area (Å²) >= 11 is 7.70. The first-order valence-electron chi connectivity index (χ1n) is 5.61. The Balaban J connectivity index is 1.96. The van der Waals surface area contributed by atoms with Crippen LogP contribution in [-0.2, 0) is 13.1 Å². The van der Waals surface area contributed by atoms with Crippen LogP contribution in [0.4, 0.5) is 5.13 Å². The number of rotatable bonds is 5. The van der Waals surface area contributed by atoms with Gasteiger partial charge in [0.05, 0.1) is 6.54 Å². The van der Waals surface area contributed by atoms with Gasteiger partial charge >= 0.3 is 0 Å². The van der Waals surface area contributed by atoms with Crippen molar-refractivity contribution in [1.29, 1.82) is 0 Å². The standard InChI is InChI=1S/C12H15ClN4S/c1-14-12-16-15-11(18-12)8-17(2)7-9-5-3-4-6-10(9)13/h3-6H,7-8H2,1-2H3,(H,14,16). The molecule has 0 bridgehead atoms. The van der Waals surface area contributed by atoms with Crippen LogP contribution in [-0.4, -0.2) is 29.2 Å². The SMILES string of the molecule is CNc1nnc(CN(C)Cc2ccccc2Cl)s1. The third kappa shape index (κ3) is 3.41. The Morgan fingerprint density at radius 3 is 2.72 bits per heavy atom. The summed E-state index contributed by atoms with van der Waals surface area (Å²) in [7, 11) is 3.89. The Kier molecular flexibility index (Phi) is 4.52. The van der Waals surface area contributed by atoms with Crippen LogP contribution in [0.3, 0.4) is 0 Å². The highest BCUT2D eigenvalue weighted by atomic mass is 35.5. The van der Waals surface area contributed by atoms with Gasteiger partial charge in [-0.05, 0) is 18.7 Å². The van der Waals surface area contributed by atoms with E-state index in [0.29, 0.717) is 0 Å². The molecule has 0 unspecified atom stereocenters. The van der Waals surface area contributed by atoms with Crippen LogP contribution in [0.2, 0.25) is 5.02 Å². The lowest BCUT2D eigenvalue weighted by molar-refractivity contribution is 0.318. The normalized spacial score (nSPS) is 10.9. The third-order valence-corrected chi connectivity index (χ3v) is 3.78. The zero-order valence-corrected chi connectivity index (χ0v) is 11.9. The Hall–Kier alpha value is -1.17. The van der Waals surface area contributed by atoms with Crippen molar-refractivity contribution in [2.75, 3.05) is 19.4 Å². The van der Waals surface area contributed by atoms with Gasteiger partial charge in [0.2, 0.25) is 5.13 Å². The van der Waals surface area contributed by atoms with Crippen LogP contribution < -0.4 is 5.32 Å². The van der Waals surface area contributed by atoms with Gasteiger partial charge in [-0.15, -0.1) is 10.2 Å². The van der Waals surface area contributed by atoms with E-state index in [0.717, 1.165) is 33.8 Å². The average Bonchev–Trinajstić information content (AvgIpc) is 2.80. The van der Waals surface area contributed by atoms with Crippen LogP contribution in [0, 0.1) is 0 Å². The zero-order chi connectivity index (χ0) is 13.0. The third-order valence-electron chi connectivity index (χ3n) is 2.48. The van der Waals surface area contributed by atoms with Gasteiger partial charge in [-0.2, -0.15) is 0 Å². The Morgan fingerprint density at radius 1 is 1.28 bits per heavy atom. The Bertz CT molecular complexity index is 514. The molecule has 1 N–H and O–H groups in total. The first kappa shape index (κ1) is 13.3. The number of nitrogens with one attached hydrogen (secondary N) is 1. The molecule has 1 aromatic carbocycles. The van der Waals surface area contributed by atoms with Crippen molar-refractivity contribution in [1.82, 2.24) is 15.1 Å². The highest BCUT2D eigenvalue weighted by Crippen LogP contribution is 2.19. The molecule has 0 atom stereocenters. The van der Waals surface area contributed by atoms with Crippen molar-refractivity contribution in [2.24, 2.45) is 0 Å². The lowest BCUT2D eigenvalue weighted by Crippen LogP contribution is -2.17. The van der Waals surface area contributed by atoms with E-state index in [9.17, 15) is 0 Å². The summed E-state index contributed by atoms with van der Waals surface area (Å²) in [5.41, 5.74) is 1.13. The molecule has 1 heterocycles. The fourth-order valence-electron chi connectivity index (χ4n) is 1.62. The van der Waals surface area contributed by atoms with Crippen LogP contribution in [0.5, 0.6) is 0 Å². The van der Waals surface area contributed by atoms with Crippen molar-refractivity contribution in [2.45, 2.75) is 13.1 Å². The van der Waals surface area contributed by atoms with Gasteiger partial charge in [-0.3, -0.25) is 4.90 Å². The number of aromatic nitrogens is 2. The molecule has 4 nitrogen and oxygen atoms in total. The summed E-state index contributed by atoms with van der Waals surface area (Å²) in [5.74, 6) is 0. The molecule has 96 valence electrons. The predicted molar refractivity (Wildman–Crippen MR) is 76.1 cm³/mol. The van der Waals surface area contributed by atoms with Crippen LogP contribution >= 0.6 is 22.9 Å². The minimum Gasteiger partial charge on any atom is -0.363 e. The molecule has 18 heavy (non-hydrogen) atoms. The molecule has 2 aromatic rings. The largest absolute Gasteiger partial charge is 0.363 e. The van der Waals surface area contributed by atoms with Crippen molar-refractivity contribution < 1.29 is 0 Å². The molecular weight excluding hydrogens is 268 g/mol. The van der Waals surface area contributed by atoms with E-state index >= 15 is 0 Å². The molecule has 0 radical (unpaired) electrons. The first-order chi connectivity index (χ1) is 8.69. The first-order valence-corrected chi connectivity index (χ1v) is 6.80. The summed E-state index contributed by atoms with van der Waals surface area (Å²) < 4.78 is 0. The van der Waals surface area contributed by atoms with E-state index < -0.39 is 0 Å². The van der Waals surface area contributed by atoms with Gasteiger partial charge in [0.15, 0.2) is 0 Å². The quantitative estimate of drug-likeness (QED) is 0.916. The fraction of sp³-hybridized carbons (Fsp3) is 0.333. The molecule has 0 aliphatic carbocycles. The lowest BCUT2D eigenvalue weighted by Gasteiger charge is -2.15. The average molecular weight is 283 g/mol. The van der Waals surface area contributed by atoms with Crippen LogP contribution in [0.25, 0.3) is 0 Å². The second kappa shape index (κ2) is 6.13. The second-order valence-electron chi connectivity index (χ2n) is 4.01. The molecule has 0 saturated carbocycles. The van der Waals surface area contributed by atoms with Gasteiger partial charge in [-0.1, -0.05) is 41.1 Å². The van der Waals surface area contributed by atoms with E-state index in [2.05, 4.69) is 20.4 Å². The van der Waals surface area contributed by atoms with Gasteiger partial charge in [0, 0.05) is 18.6 Å². The summed E-state index contributed by atoms with van der Waals surface area (Å²) in [4.78, 5) is 2.17. The van der Waals surface area contributed by atoms with Crippen molar-refractivity contribution in [3.63, 3.8) is 0 Å². The van der Waals surface area contributed by atoms with E-state index in [4.69, 9.17) is 11.6 Å². The molecule has 1 aromatic heterocycles. The number of benzene rings is 1. The number of nitrogens with zero attached hydrogens (tertiary/aromatic N) is 3. The maximum Gasteiger partial charge on any atom is 0.205 e. The molecule has 2 rings (SSSR count). The van der Waals surface area contributed by atoms with Crippen LogP contribution in [0.1, 0.15) is 10.6 Å². The summed E-state index contributed by atoms with van der Waals surface area (Å²) in [5, 5.41) is 13.8. The Labute approximate surface area is 116 Å². The van der Waals surface area contributed by atoms with Crippen molar-refractivity contribution >= 4 is 28.1 Å². The second-order valence-corrected chi connectivity index (χ2v) is 5.48. The van der Waals surface area contributed by atoms with Gasteiger partial charge in [0.25, 0.3) is 0 Å². The zero-order valence-electron chi connectivity index (χ0n) is 10.4. The predicted octanol–water partition coefficient (Wildman–Crippen LogP) is 2.87. The summed E-state index contributed by atoms with van der Waals surface area (Å²) in [6.45, 7) is 1.57. The minimum atomic E-state index is 0.768. The topological polar surface area (TPSA) is 41.1 Å². The van der Waals surface area contributed by atoms with E-state index in [1.165, 1.54) is 0 Å². The lowest BCUT2D eigenvalue weighted by atomic mass is 10.2. The van der Waals surface area contributed by atoms with E-state index in [-0.39, 0.29) is 0 Å². The van der Waals surface area contributed by atoms with Gasteiger partial charge in [0.1, 0.15) is 5.01 Å².